The van der Waals surface area contributed by atoms with Crippen molar-refractivity contribution in [2.45, 2.75) is 14.7 Å². The maximum Gasteiger partial charge on any atom is 0.296 e. The normalized spacial score (nSPS) is 12.1. The van der Waals surface area contributed by atoms with Crippen LogP contribution in [-0.4, -0.2) is 106 Å². The van der Waals surface area contributed by atoms with Gasteiger partial charge in [-0.05, 0) is 126 Å². The van der Waals surface area contributed by atoms with E-state index < -0.39 is 67.9 Å². The van der Waals surface area contributed by atoms with E-state index in [0.717, 1.165) is 18.2 Å². The van der Waals surface area contributed by atoms with E-state index in [1.807, 2.05) is 0 Å². The van der Waals surface area contributed by atoms with Gasteiger partial charge in [-0.15, -0.1) is 20.5 Å². The van der Waals surface area contributed by atoms with E-state index in [-0.39, 0.29) is 124 Å². The van der Waals surface area contributed by atoms with Crippen molar-refractivity contribution >= 4 is 188 Å². The number of azo groups is 4. The second-order valence-electron chi connectivity index (χ2n) is 15.2. The van der Waals surface area contributed by atoms with Crippen LogP contribution in [0, 0.1) is 0 Å². The second kappa shape index (κ2) is 22.9. The van der Waals surface area contributed by atoms with Crippen molar-refractivity contribution in [3.63, 3.8) is 0 Å². The minimum Gasteiger partial charge on any atom is -0.505 e. The standard InChI is InChI=1S/C44H35N13O11S3.3Li/c45-24-3-12-35(33(47)17-24)54-51-28-5-1-22-15-39(70(63,64)65)41(43(58)31(22)19-28)56-50-27-9-7-26(8-10-27)49-37-14-11-30(21-38(37)69(60,61)62)53-57-42-40(71(66,67)68)16-23-2-6-29(20-32(23)44(42)59)52-55-36-13-4-25(46)18-34(36)48;;;/h1-21,49,58-59H,45-48H2,(H,60,61,62)(H,63,64,65)(H,66,67,68);;;. The van der Waals surface area contributed by atoms with E-state index in [1.54, 1.807) is 18.2 Å². The van der Waals surface area contributed by atoms with Gasteiger partial charge in [-0.3, -0.25) is 13.7 Å². The van der Waals surface area contributed by atoms with Crippen LogP contribution >= 0.6 is 0 Å². The molecular formula is C44H35Li3N13O11S3. The minimum absolute atomic E-state index is 0. The van der Waals surface area contributed by atoms with Crippen molar-refractivity contribution in [2.75, 3.05) is 28.3 Å². The van der Waals surface area contributed by atoms with Gasteiger partial charge in [-0.25, -0.2) is 0 Å². The average molecular weight is 1040 g/mol. The number of phenolic OH excluding ortho intramolecular Hbond substituents is 2. The molecule has 8 aromatic carbocycles. The molecule has 0 spiro atoms. The van der Waals surface area contributed by atoms with Crippen LogP contribution < -0.4 is 28.3 Å². The molecule has 0 aromatic heterocycles. The molecule has 0 aliphatic rings. The number of rotatable bonds is 13. The summed E-state index contributed by atoms with van der Waals surface area (Å²) >= 11 is 0. The van der Waals surface area contributed by atoms with E-state index in [9.17, 15) is 49.1 Å². The molecule has 8 rings (SSSR count). The third kappa shape index (κ3) is 13.1. The molecule has 74 heavy (non-hydrogen) atoms. The molecule has 0 amide bonds. The maximum absolute atomic E-state index is 12.6. The van der Waals surface area contributed by atoms with Gasteiger partial charge in [0.1, 0.15) is 37.4 Å². The Kier molecular flexibility index (Phi) is 17.9. The summed E-state index contributed by atoms with van der Waals surface area (Å²) < 4.78 is 105. The van der Waals surface area contributed by atoms with Gasteiger partial charge in [-0.1, -0.05) is 12.1 Å². The molecule has 14 N–H and O–H groups in total. The van der Waals surface area contributed by atoms with Gasteiger partial charge in [0.2, 0.25) is 0 Å². The average Bonchev–Trinajstić information content (AvgIpc) is 3.30. The molecule has 0 fully saturated rings. The topological polar surface area (TPSA) is 419 Å². The fourth-order valence-corrected chi connectivity index (χ4v) is 8.77. The molecule has 30 heteroatoms. The summed E-state index contributed by atoms with van der Waals surface area (Å²) in [5.41, 5.74) is 24.3. The van der Waals surface area contributed by atoms with Crippen LogP contribution in [0.1, 0.15) is 0 Å². The van der Waals surface area contributed by atoms with E-state index in [1.165, 1.54) is 91.0 Å². The maximum atomic E-state index is 12.6. The Balaban J connectivity index is 0.00000338. The Bertz CT molecular complexity index is 3990. The number of aromatic hydroxyl groups is 2. The smallest absolute Gasteiger partial charge is 0.296 e. The summed E-state index contributed by atoms with van der Waals surface area (Å²) in [6, 6.07) is 28.8. The van der Waals surface area contributed by atoms with Crippen LogP contribution in [0.3, 0.4) is 0 Å². The van der Waals surface area contributed by atoms with E-state index in [2.05, 4.69) is 46.2 Å². The summed E-state index contributed by atoms with van der Waals surface area (Å²) in [6.07, 6.45) is 0. The molecule has 0 atom stereocenters. The van der Waals surface area contributed by atoms with Gasteiger partial charge >= 0.3 is 0 Å². The second-order valence-corrected chi connectivity index (χ2v) is 19.3. The van der Waals surface area contributed by atoms with Crippen molar-refractivity contribution in [2.24, 2.45) is 40.9 Å². The third-order valence-electron chi connectivity index (χ3n) is 10.2. The van der Waals surface area contributed by atoms with Gasteiger partial charge < -0.3 is 38.5 Å². The molecule has 0 saturated carbocycles. The van der Waals surface area contributed by atoms with Crippen LogP contribution in [-0.2, 0) is 30.4 Å². The number of benzene rings is 8. The summed E-state index contributed by atoms with van der Waals surface area (Å²) in [6.45, 7) is 0. The molecule has 0 saturated heterocycles. The molecule has 0 heterocycles. The van der Waals surface area contributed by atoms with Crippen LogP contribution in [0.15, 0.2) is 183 Å². The van der Waals surface area contributed by atoms with Gasteiger partial charge in [0.05, 0.1) is 39.8 Å². The Morgan fingerprint density at radius 2 is 0.770 bits per heavy atom. The number of nitrogens with two attached hydrogens (primary N) is 4. The first-order valence-corrected chi connectivity index (χ1v) is 24.3. The molecule has 0 aliphatic carbocycles. The molecule has 8 aromatic rings. The van der Waals surface area contributed by atoms with Crippen molar-refractivity contribution in [3.8, 4) is 11.5 Å². The van der Waals surface area contributed by atoms with Crippen molar-refractivity contribution in [1.82, 2.24) is 0 Å². The monoisotopic (exact) mass is 1040 g/mol. The zero-order chi connectivity index (χ0) is 51.0. The first-order chi connectivity index (χ1) is 33.5. The van der Waals surface area contributed by atoms with Gasteiger partial charge in [0.25, 0.3) is 30.4 Å². The SMILES string of the molecule is Nc1ccc(N=Nc2ccc3cc(S(=O)(=O)O)c(N=Nc4ccc(Nc5ccc(N=Nc6c(S(=O)(=O)O)cc7ccc(N=Nc8ccc(N)cc8N)cc7c6O)cc5S(=O)(=O)O)cc4)c(O)c3c2)c(N)c1.[Li].[Li].[Li]. The molecule has 363 valence electrons. The van der Waals surface area contributed by atoms with Crippen molar-refractivity contribution < 1.29 is 49.1 Å². The number of fused-ring (bicyclic) bond motifs is 2. The van der Waals surface area contributed by atoms with Crippen LogP contribution in [0.2, 0.25) is 0 Å². The molecule has 24 nitrogen and oxygen atoms in total. The number of nitrogen functional groups attached to an aromatic ring is 4. The first kappa shape index (κ1) is 57.7. The molecule has 0 aliphatic heterocycles. The summed E-state index contributed by atoms with van der Waals surface area (Å²) in [5, 5.41) is 57.9. The summed E-state index contributed by atoms with van der Waals surface area (Å²) in [4.78, 5) is -2.30. The Hall–Kier alpha value is -7.20. The van der Waals surface area contributed by atoms with Gasteiger partial charge in [0, 0.05) is 84.4 Å². The number of nitrogens with one attached hydrogen (secondary N) is 1. The zero-order valence-corrected chi connectivity index (χ0v) is 41.4. The first-order valence-electron chi connectivity index (χ1n) is 20.0. The Labute approximate surface area is 456 Å². The summed E-state index contributed by atoms with van der Waals surface area (Å²) in [7, 11) is -15.0. The van der Waals surface area contributed by atoms with Crippen molar-refractivity contribution in [3.05, 3.63) is 127 Å². The van der Waals surface area contributed by atoms with E-state index >= 15 is 0 Å². The minimum atomic E-state index is -5.04. The largest absolute Gasteiger partial charge is 0.505 e. The number of nitrogens with zero attached hydrogens (tertiary/aromatic N) is 8. The molecule has 0 bridgehead atoms. The van der Waals surface area contributed by atoms with E-state index in [4.69, 9.17) is 22.9 Å². The number of hydrogen-bond acceptors (Lipinski definition) is 21. The zero-order valence-electron chi connectivity index (χ0n) is 38.9. The predicted octanol–water partition coefficient (Wildman–Crippen LogP) is 9.74. The Morgan fingerprint density at radius 1 is 0.392 bits per heavy atom. The quantitative estimate of drug-likeness (QED) is 0.0222. The Morgan fingerprint density at radius 3 is 1.19 bits per heavy atom. The molecular weight excluding hydrogens is 1000 g/mol. The van der Waals surface area contributed by atoms with Crippen LogP contribution in [0.25, 0.3) is 21.5 Å². The third-order valence-corrected chi connectivity index (χ3v) is 12.8. The fourth-order valence-electron chi connectivity index (χ4n) is 6.79. The fraction of sp³-hybridized carbons (Fsp3) is 0. The summed E-state index contributed by atoms with van der Waals surface area (Å²) in [5.74, 6) is -1.41. The van der Waals surface area contributed by atoms with Crippen LogP contribution in [0.5, 0.6) is 11.5 Å². The van der Waals surface area contributed by atoms with E-state index in [0.29, 0.717) is 22.7 Å². The number of hydrogen-bond donors (Lipinski definition) is 10. The predicted molar refractivity (Wildman–Crippen MR) is 281 cm³/mol. The molecule has 3 radical (unpaired) electrons. The number of anilines is 6. The van der Waals surface area contributed by atoms with Gasteiger partial charge in [-0.2, -0.15) is 45.7 Å². The molecule has 0 unspecified atom stereocenters. The number of phenols is 2. The van der Waals surface area contributed by atoms with Crippen LogP contribution in [0.4, 0.5) is 79.6 Å². The van der Waals surface area contributed by atoms with Gasteiger partial charge in [0.15, 0.2) is 11.5 Å². The van der Waals surface area contributed by atoms with Crippen molar-refractivity contribution in [1.29, 1.82) is 0 Å².